The van der Waals surface area contributed by atoms with Gasteiger partial charge in [-0.3, -0.25) is 4.79 Å². The van der Waals surface area contributed by atoms with E-state index in [1.54, 1.807) is 12.1 Å². The molecule has 0 saturated carbocycles. The van der Waals surface area contributed by atoms with Gasteiger partial charge in [0, 0.05) is 41.7 Å². The molecule has 5 rings (SSSR count). The monoisotopic (exact) mass is 448 g/mol. The Morgan fingerprint density at radius 1 is 0.794 bits per heavy atom. The molecule has 1 N–H and O–H groups in total. The molecule has 0 radical (unpaired) electrons. The van der Waals surface area contributed by atoms with Crippen LogP contribution in [-0.2, 0) is 11.3 Å². The van der Waals surface area contributed by atoms with Crippen LogP contribution in [0.15, 0.2) is 115 Å². The molecule has 0 saturated heterocycles. The maximum Gasteiger partial charge on any atom is 0.225 e. The number of hydrogen-bond acceptors (Lipinski definition) is 1. The van der Waals surface area contributed by atoms with Crippen LogP contribution in [0.4, 0.5) is 10.1 Å². The summed E-state index contributed by atoms with van der Waals surface area (Å²) in [4.78, 5) is 13.1. The first-order valence-corrected chi connectivity index (χ1v) is 11.4. The van der Waals surface area contributed by atoms with Crippen LogP contribution in [0.25, 0.3) is 10.9 Å². The van der Waals surface area contributed by atoms with Crippen molar-refractivity contribution in [3.8, 4) is 0 Å². The van der Waals surface area contributed by atoms with Gasteiger partial charge in [0.15, 0.2) is 0 Å². The first-order chi connectivity index (χ1) is 16.7. The highest BCUT2D eigenvalue weighted by atomic mass is 19.1. The van der Waals surface area contributed by atoms with Crippen molar-refractivity contribution in [2.75, 3.05) is 5.32 Å². The molecule has 168 valence electrons. The average molecular weight is 449 g/mol. The predicted octanol–water partition coefficient (Wildman–Crippen LogP) is 6.99. The second-order valence-corrected chi connectivity index (χ2v) is 8.44. The van der Waals surface area contributed by atoms with Crippen molar-refractivity contribution < 1.29 is 9.18 Å². The van der Waals surface area contributed by atoms with Crippen LogP contribution in [0, 0.1) is 5.82 Å². The van der Waals surface area contributed by atoms with Gasteiger partial charge in [-0.1, -0.05) is 78.9 Å². The number of amides is 1. The van der Waals surface area contributed by atoms with Gasteiger partial charge in [0.05, 0.1) is 0 Å². The summed E-state index contributed by atoms with van der Waals surface area (Å²) in [5.41, 5.74) is 5.04. The van der Waals surface area contributed by atoms with E-state index in [1.165, 1.54) is 17.7 Å². The van der Waals surface area contributed by atoms with Gasteiger partial charge in [0.25, 0.3) is 0 Å². The lowest BCUT2D eigenvalue weighted by Crippen LogP contribution is -2.16. The molecule has 4 aromatic carbocycles. The second kappa shape index (κ2) is 9.75. The van der Waals surface area contributed by atoms with Gasteiger partial charge in [-0.2, -0.15) is 0 Å². The molecule has 4 heteroatoms. The number of carbonyl (C=O) groups is 1. The quantitative estimate of drug-likeness (QED) is 0.286. The fourth-order valence-electron chi connectivity index (χ4n) is 4.49. The zero-order valence-electron chi connectivity index (χ0n) is 18.7. The molecular formula is C30H25FN2O. The van der Waals surface area contributed by atoms with Crippen LogP contribution in [-0.4, -0.2) is 10.5 Å². The second-order valence-electron chi connectivity index (χ2n) is 8.44. The third-order valence-corrected chi connectivity index (χ3v) is 6.11. The molecule has 0 fully saturated rings. The number of nitrogens with zero attached hydrogens (tertiary/aromatic N) is 1. The van der Waals surface area contributed by atoms with Gasteiger partial charge in [0.2, 0.25) is 5.91 Å². The predicted molar refractivity (Wildman–Crippen MR) is 135 cm³/mol. The SMILES string of the molecule is O=C(C[C@H](c1ccc(F)cc1)c1cn(Cc2ccccc2)c2ccccc12)Nc1ccccc1. The number of rotatable bonds is 7. The van der Waals surface area contributed by atoms with Crippen LogP contribution in [0.2, 0.25) is 0 Å². The third-order valence-electron chi connectivity index (χ3n) is 6.11. The van der Waals surface area contributed by atoms with Crippen molar-refractivity contribution in [3.05, 3.63) is 138 Å². The Morgan fingerprint density at radius 2 is 1.44 bits per heavy atom. The van der Waals surface area contributed by atoms with E-state index in [1.807, 2.05) is 60.7 Å². The van der Waals surface area contributed by atoms with Gasteiger partial charge < -0.3 is 9.88 Å². The number of halogens is 1. The van der Waals surface area contributed by atoms with Crippen molar-refractivity contribution >= 4 is 22.5 Å². The molecule has 1 amide bonds. The van der Waals surface area contributed by atoms with Crippen LogP contribution in [0.3, 0.4) is 0 Å². The van der Waals surface area contributed by atoms with E-state index in [0.717, 1.165) is 34.3 Å². The number of nitrogens with one attached hydrogen (secondary N) is 1. The van der Waals surface area contributed by atoms with Gasteiger partial charge in [-0.05, 0) is 47.0 Å². The van der Waals surface area contributed by atoms with Gasteiger partial charge in [-0.25, -0.2) is 4.39 Å². The number of para-hydroxylation sites is 2. The zero-order valence-corrected chi connectivity index (χ0v) is 18.7. The highest BCUT2D eigenvalue weighted by Crippen LogP contribution is 2.35. The summed E-state index contributed by atoms with van der Waals surface area (Å²) in [5, 5.41) is 4.10. The summed E-state index contributed by atoms with van der Waals surface area (Å²) in [7, 11) is 0. The first kappa shape index (κ1) is 21.7. The highest BCUT2D eigenvalue weighted by Gasteiger charge is 2.23. The maximum atomic E-state index is 13.7. The van der Waals surface area contributed by atoms with Gasteiger partial charge >= 0.3 is 0 Å². The topological polar surface area (TPSA) is 34.0 Å². The number of benzene rings is 4. The van der Waals surface area contributed by atoms with E-state index < -0.39 is 0 Å². The Labute approximate surface area is 198 Å². The van der Waals surface area contributed by atoms with E-state index in [-0.39, 0.29) is 24.1 Å². The van der Waals surface area contributed by atoms with Crippen LogP contribution < -0.4 is 5.32 Å². The summed E-state index contributed by atoms with van der Waals surface area (Å²) in [5.74, 6) is -0.589. The molecule has 0 aliphatic rings. The van der Waals surface area contributed by atoms with Crippen LogP contribution in [0.1, 0.15) is 29.0 Å². The summed E-state index contributed by atoms with van der Waals surface area (Å²) in [6, 6.07) is 34.5. The molecule has 1 aromatic heterocycles. The van der Waals surface area contributed by atoms with Gasteiger partial charge in [-0.15, -0.1) is 0 Å². The van der Waals surface area contributed by atoms with Crippen molar-refractivity contribution in [1.82, 2.24) is 4.57 Å². The van der Waals surface area contributed by atoms with E-state index in [9.17, 15) is 9.18 Å². The van der Waals surface area contributed by atoms with Crippen molar-refractivity contribution in [1.29, 1.82) is 0 Å². The molecule has 0 aliphatic heterocycles. The number of hydrogen-bond donors (Lipinski definition) is 1. The number of aromatic nitrogens is 1. The molecule has 3 nitrogen and oxygen atoms in total. The minimum Gasteiger partial charge on any atom is -0.343 e. The zero-order chi connectivity index (χ0) is 23.3. The smallest absolute Gasteiger partial charge is 0.225 e. The fourth-order valence-corrected chi connectivity index (χ4v) is 4.49. The third kappa shape index (κ3) is 4.76. The average Bonchev–Trinajstić information content (AvgIpc) is 3.22. The molecule has 0 bridgehead atoms. The van der Waals surface area contributed by atoms with E-state index in [4.69, 9.17) is 0 Å². The highest BCUT2D eigenvalue weighted by molar-refractivity contribution is 5.93. The minimum absolute atomic E-state index is 0.0829. The Balaban J connectivity index is 1.54. The Kier molecular flexibility index (Phi) is 6.21. The lowest BCUT2D eigenvalue weighted by molar-refractivity contribution is -0.116. The number of anilines is 1. The summed E-state index contributed by atoms with van der Waals surface area (Å²) in [6.07, 6.45) is 2.39. The Hall–Kier alpha value is -4.18. The lowest BCUT2D eigenvalue weighted by atomic mass is 9.88. The van der Waals surface area contributed by atoms with Crippen molar-refractivity contribution in [2.24, 2.45) is 0 Å². The van der Waals surface area contributed by atoms with E-state index in [0.29, 0.717) is 0 Å². The van der Waals surface area contributed by atoms with Crippen molar-refractivity contribution in [3.63, 3.8) is 0 Å². The summed E-state index contributed by atoms with van der Waals surface area (Å²) >= 11 is 0. The Morgan fingerprint density at radius 3 is 2.18 bits per heavy atom. The molecule has 0 aliphatic carbocycles. The van der Waals surface area contributed by atoms with Crippen molar-refractivity contribution in [2.45, 2.75) is 18.9 Å². The fraction of sp³-hybridized carbons (Fsp3) is 0.100. The molecule has 5 aromatic rings. The molecule has 0 spiro atoms. The molecule has 1 heterocycles. The summed E-state index contributed by atoms with van der Waals surface area (Å²) in [6.45, 7) is 0.730. The Bertz CT molecular complexity index is 1390. The number of carbonyl (C=O) groups excluding carboxylic acids is 1. The minimum atomic E-state index is -0.289. The van der Waals surface area contributed by atoms with Crippen LogP contribution in [0.5, 0.6) is 0 Å². The number of fused-ring (bicyclic) bond motifs is 1. The van der Waals surface area contributed by atoms with Crippen LogP contribution >= 0.6 is 0 Å². The first-order valence-electron chi connectivity index (χ1n) is 11.4. The molecule has 0 unspecified atom stereocenters. The molecule has 34 heavy (non-hydrogen) atoms. The maximum absolute atomic E-state index is 13.7. The largest absolute Gasteiger partial charge is 0.343 e. The normalized spacial score (nSPS) is 11.9. The molecule has 1 atom stereocenters. The summed E-state index contributed by atoms with van der Waals surface area (Å²) < 4.78 is 15.9. The van der Waals surface area contributed by atoms with E-state index >= 15 is 0 Å². The van der Waals surface area contributed by atoms with E-state index in [2.05, 4.69) is 40.3 Å². The van der Waals surface area contributed by atoms with Gasteiger partial charge in [0.1, 0.15) is 5.82 Å². The molecular weight excluding hydrogens is 423 g/mol. The lowest BCUT2D eigenvalue weighted by Gasteiger charge is -2.17. The standard InChI is InChI=1S/C30H25FN2O/c31-24-17-15-23(16-18-24)27(19-30(34)32-25-11-5-2-6-12-25)28-21-33(20-22-9-3-1-4-10-22)29-14-8-7-13-26(28)29/h1-18,21,27H,19-20H2,(H,32,34)/t27-/m1/s1.